The highest BCUT2D eigenvalue weighted by Gasteiger charge is 2.32. The lowest BCUT2D eigenvalue weighted by molar-refractivity contribution is -0.127. The summed E-state index contributed by atoms with van der Waals surface area (Å²) in [4.78, 5) is 21.4. The predicted molar refractivity (Wildman–Crippen MR) is 128 cm³/mol. The van der Waals surface area contributed by atoms with Gasteiger partial charge in [-0.1, -0.05) is 32.0 Å². The van der Waals surface area contributed by atoms with Crippen molar-refractivity contribution in [2.75, 3.05) is 44.2 Å². The first-order valence-corrected chi connectivity index (χ1v) is 12.1. The molecule has 3 rings (SSSR count). The second kappa shape index (κ2) is 11.5. The van der Waals surface area contributed by atoms with Gasteiger partial charge in [0.05, 0.1) is 0 Å². The Morgan fingerprint density at radius 1 is 1.32 bits per heavy atom. The molecule has 2 heterocycles. The van der Waals surface area contributed by atoms with Gasteiger partial charge in [-0.05, 0) is 56.1 Å². The maximum atomic E-state index is 12.0. The van der Waals surface area contributed by atoms with Crippen LogP contribution >= 0.6 is 0 Å². The number of para-hydroxylation sites is 1. The summed E-state index contributed by atoms with van der Waals surface area (Å²) in [5.41, 5.74) is 2.58. The largest absolute Gasteiger partial charge is 0.396 e. The molecule has 1 aromatic carbocycles. The lowest BCUT2D eigenvalue weighted by Gasteiger charge is -2.24. The van der Waals surface area contributed by atoms with E-state index in [1.54, 1.807) is 0 Å². The van der Waals surface area contributed by atoms with Crippen LogP contribution < -0.4 is 10.2 Å². The van der Waals surface area contributed by atoms with Gasteiger partial charge in [0.1, 0.15) is 0 Å². The Kier molecular flexibility index (Phi) is 8.76. The minimum absolute atomic E-state index is 0.216. The molecule has 31 heavy (non-hydrogen) atoms. The summed E-state index contributed by atoms with van der Waals surface area (Å²) in [6.45, 7) is 11.0. The third-order valence-electron chi connectivity index (χ3n) is 6.42. The molecule has 0 spiro atoms. The van der Waals surface area contributed by atoms with E-state index in [0.29, 0.717) is 30.1 Å². The normalized spacial score (nSPS) is 20.0. The van der Waals surface area contributed by atoms with Crippen molar-refractivity contribution >= 4 is 17.6 Å². The van der Waals surface area contributed by atoms with E-state index in [2.05, 4.69) is 55.3 Å². The number of hydrogen-bond acceptors (Lipinski definition) is 3. The van der Waals surface area contributed by atoms with Crippen LogP contribution in [0.15, 0.2) is 29.3 Å². The van der Waals surface area contributed by atoms with E-state index in [-0.39, 0.29) is 6.61 Å². The van der Waals surface area contributed by atoms with Crippen LogP contribution in [0, 0.1) is 11.8 Å². The number of likely N-dealkylation sites (tertiary alicyclic amines) is 1. The van der Waals surface area contributed by atoms with Crippen molar-refractivity contribution in [2.24, 2.45) is 16.8 Å². The fourth-order valence-electron chi connectivity index (χ4n) is 4.94. The highest BCUT2D eigenvalue weighted by molar-refractivity contribution is 5.98. The molecule has 1 aromatic rings. The van der Waals surface area contributed by atoms with Gasteiger partial charge in [-0.25, -0.2) is 0 Å². The highest BCUT2D eigenvalue weighted by Crippen LogP contribution is 2.38. The first-order chi connectivity index (χ1) is 15.0. The third-order valence-corrected chi connectivity index (χ3v) is 6.42. The molecular formula is C25H40N4O2. The molecule has 1 fully saturated rings. The molecule has 1 amide bonds. The van der Waals surface area contributed by atoms with Crippen molar-refractivity contribution in [1.82, 2.24) is 10.2 Å². The zero-order chi connectivity index (χ0) is 22.2. The molecule has 2 atom stereocenters. The van der Waals surface area contributed by atoms with Gasteiger partial charge in [0, 0.05) is 57.4 Å². The number of guanidine groups is 1. The lowest BCUT2D eigenvalue weighted by atomic mass is 9.94. The van der Waals surface area contributed by atoms with Gasteiger partial charge >= 0.3 is 0 Å². The van der Waals surface area contributed by atoms with Crippen LogP contribution in [0.25, 0.3) is 0 Å². The smallest absolute Gasteiger partial charge is 0.222 e. The first kappa shape index (κ1) is 23.6. The van der Waals surface area contributed by atoms with E-state index in [1.165, 1.54) is 11.3 Å². The summed E-state index contributed by atoms with van der Waals surface area (Å²) in [6.07, 6.45) is 4.56. The molecule has 1 saturated heterocycles. The first-order valence-electron chi connectivity index (χ1n) is 12.1. The molecular weight excluding hydrogens is 388 g/mol. The van der Waals surface area contributed by atoms with Crippen LogP contribution in [0.1, 0.15) is 64.4 Å². The summed E-state index contributed by atoms with van der Waals surface area (Å²) in [5.74, 6) is 2.63. The van der Waals surface area contributed by atoms with Gasteiger partial charge in [-0.3, -0.25) is 9.79 Å². The summed E-state index contributed by atoms with van der Waals surface area (Å²) >= 11 is 0. The number of benzene rings is 1. The Labute approximate surface area is 187 Å². The molecule has 6 heteroatoms. The summed E-state index contributed by atoms with van der Waals surface area (Å²) in [6, 6.07) is 8.61. The Hall–Kier alpha value is -2.08. The maximum absolute atomic E-state index is 12.0. The number of aliphatic hydroxyl groups is 1. The van der Waals surface area contributed by atoms with E-state index in [9.17, 15) is 9.90 Å². The molecule has 2 N–H and O–H groups in total. The summed E-state index contributed by atoms with van der Waals surface area (Å²) in [7, 11) is 0. The number of aliphatic imine (C=N–C) groups is 1. The molecule has 6 nitrogen and oxygen atoms in total. The second-order valence-corrected chi connectivity index (χ2v) is 9.34. The summed E-state index contributed by atoms with van der Waals surface area (Å²) < 4.78 is 0. The zero-order valence-corrected chi connectivity index (χ0v) is 19.5. The maximum Gasteiger partial charge on any atom is 0.222 e. The monoisotopic (exact) mass is 428 g/mol. The minimum Gasteiger partial charge on any atom is -0.396 e. The number of nitrogens with zero attached hydrogens (tertiary/aromatic N) is 3. The van der Waals surface area contributed by atoms with Gasteiger partial charge in [0.15, 0.2) is 5.96 Å². The van der Waals surface area contributed by atoms with E-state index >= 15 is 0 Å². The topological polar surface area (TPSA) is 68.2 Å². The van der Waals surface area contributed by atoms with E-state index in [1.807, 2.05) is 4.90 Å². The number of carbonyl (C=O) groups is 1. The molecule has 0 saturated carbocycles. The quantitative estimate of drug-likeness (QED) is 0.441. The van der Waals surface area contributed by atoms with Crippen LogP contribution in [-0.2, 0) is 4.79 Å². The minimum atomic E-state index is 0.216. The Morgan fingerprint density at radius 3 is 2.81 bits per heavy atom. The Balaban J connectivity index is 1.74. The molecule has 172 valence electrons. The third kappa shape index (κ3) is 6.22. The number of rotatable bonds is 10. The molecule has 0 aliphatic carbocycles. The van der Waals surface area contributed by atoms with E-state index < -0.39 is 0 Å². The van der Waals surface area contributed by atoms with Gasteiger partial charge in [0.25, 0.3) is 0 Å². The number of aliphatic hydroxyl groups excluding tert-OH is 1. The standard InChI is InChI=1S/C25H40N4O2/c1-4-26-25(27-17-20(12-15-30)16-19(2)3)29-18-21(22-8-5-6-9-23(22)29)11-14-28-13-7-10-24(28)31/h5-6,8-9,19-21,30H,4,7,10-18H2,1-3H3,(H,26,27). The number of amides is 1. The van der Waals surface area contributed by atoms with Crippen LogP contribution in [0.5, 0.6) is 0 Å². The predicted octanol–water partition coefficient (Wildman–Crippen LogP) is 3.61. The lowest BCUT2D eigenvalue weighted by Crippen LogP contribution is -2.41. The van der Waals surface area contributed by atoms with Gasteiger partial charge in [-0.15, -0.1) is 0 Å². The number of hydrogen-bond donors (Lipinski definition) is 2. The van der Waals surface area contributed by atoms with Gasteiger partial charge in [0.2, 0.25) is 5.91 Å². The van der Waals surface area contributed by atoms with Crippen molar-refractivity contribution in [3.8, 4) is 0 Å². The average Bonchev–Trinajstić information content (AvgIpc) is 3.32. The van der Waals surface area contributed by atoms with E-state index in [0.717, 1.165) is 64.4 Å². The van der Waals surface area contributed by atoms with Crippen LogP contribution in [0.3, 0.4) is 0 Å². The molecule has 2 unspecified atom stereocenters. The number of nitrogens with one attached hydrogen (secondary N) is 1. The number of fused-ring (bicyclic) bond motifs is 1. The molecule has 2 aliphatic rings. The van der Waals surface area contributed by atoms with Gasteiger partial charge in [-0.2, -0.15) is 0 Å². The second-order valence-electron chi connectivity index (χ2n) is 9.34. The fourth-order valence-corrected chi connectivity index (χ4v) is 4.94. The van der Waals surface area contributed by atoms with Crippen molar-refractivity contribution in [3.63, 3.8) is 0 Å². The number of anilines is 1. The van der Waals surface area contributed by atoms with E-state index in [4.69, 9.17) is 4.99 Å². The zero-order valence-electron chi connectivity index (χ0n) is 19.5. The van der Waals surface area contributed by atoms with Gasteiger partial charge < -0.3 is 20.2 Å². The number of carbonyl (C=O) groups excluding carboxylic acids is 1. The summed E-state index contributed by atoms with van der Waals surface area (Å²) in [5, 5.41) is 12.9. The van der Waals surface area contributed by atoms with Crippen molar-refractivity contribution in [1.29, 1.82) is 0 Å². The Bertz CT molecular complexity index is 749. The fraction of sp³-hybridized carbons (Fsp3) is 0.680. The van der Waals surface area contributed by atoms with Crippen molar-refractivity contribution < 1.29 is 9.90 Å². The highest BCUT2D eigenvalue weighted by atomic mass is 16.3. The Morgan fingerprint density at radius 2 is 2.13 bits per heavy atom. The molecule has 0 radical (unpaired) electrons. The van der Waals surface area contributed by atoms with Crippen molar-refractivity contribution in [2.45, 2.75) is 58.8 Å². The molecule has 0 bridgehead atoms. The van der Waals surface area contributed by atoms with Crippen LogP contribution in [-0.4, -0.2) is 61.2 Å². The molecule has 2 aliphatic heterocycles. The van der Waals surface area contributed by atoms with Crippen LogP contribution in [0.4, 0.5) is 5.69 Å². The van der Waals surface area contributed by atoms with Crippen molar-refractivity contribution in [3.05, 3.63) is 29.8 Å². The molecule has 0 aromatic heterocycles. The SMILES string of the molecule is CCNC(=NCC(CCO)CC(C)C)N1CC(CCN2CCCC2=O)c2ccccc21. The van der Waals surface area contributed by atoms with Crippen LogP contribution in [0.2, 0.25) is 0 Å². The average molecular weight is 429 g/mol.